The van der Waals surface area contributed by atoms with E-state index in [1.165, 1.54) is 5.69 Å². The van der Waals surface area contributed by atoms with Crippen molar-refractivity contribution in [2.45, 2.75) is 65.3 Å². The van der Waals surface area contributed by atoms with Crippen molar-refractivity contribution in [1.29, 1.82) is 0 Å². The smallest absolute Gasteiger partial charge is 0.328 e. The maximum absolute atomic E-state index is 12.9. The van der Waals surface area contributed by atoms with Gasteiger partial charge in [-0.1, -0.05) is 38.1 Å². The molecule has 326 valence electrons. The maximum atomic E-state index is 12.9. The van der Waals surface area contributed by atoms with Crippen molar-refractivity contribution in [2.75, 3.05) is 67.1 Å². The Hall–Kier alpha value is -6.75. The number of fused-ring (bicyclic) bond motifs is 1. The van der Waals surface area contributed by atoms with Crippen LogP contribution in [0.2, 0.25) is 0 Å². The van der Waals surface area contributed by atoms with Crippen LogP contribution in [0.25, 0.3) is 33.5 Å². The topological polar surface area (TPSA) is 194 Å². The van der Waals surface area contributed by atoms with E-state index in [2.05, 4.69) is 68.6 Å². The number of urea groups is 1. The minimum absolute atomic E-state index is 0.0543. The standard InChI is InChI=1S/C46H53N13O4/c1-28-22-31(6-11-35(28)29(2)51-41(61)42-54-43(55-63-42)46(3,4)5)39-36-23-37(52-40(36)50-27-49-39)32-24-47-44(48-25-32)58-20-18-56(19-21-58)26-30-12-15-57(16-13-30)33-7-9-34(10-8-33)59-17-14-38(60)53-45(59)62/h6-11,22-25,27,29-30H,12-21,26H2,1-5H3,(H,51,61)(H,49,50,52)(H,53,60,62). The predicted octanol–water partition coefficient (Wildman–Crippen LogP) is 6.05. The van der Waals surface area contributed by atoms with E-state index in [4.69, 9.17) is 14.5 Å². The number of carbonyl (C=O) groups excluding carboxylic acids is 3. The molecule has 6 aromatic rings. The van der Waals surface area contributed by atoms with Gasteiger partial charge >= 0.3 is 17.8 Å². The van der Waals surface area contributed by atoms with Crippen LogP contribution >= 0.6 is 0 Å². The number of aryl methyl sites for hydroxylation is 1. The Balaban J connectivity index is 0.768. The van der Waals surface area contributed by atoms with E-state index in [1.54, 1.807) is 11.2 Å². The van der Waals surface area contributed by atoms with Gasteiger partial charge in [0.15, 0.2) is 5.82 Å². The van der Waals surface area contributed by atoms with Crippen molar-refractivity contribution in [3.8, 4) is 22.5 Å². The number of imide groups is 1. The van der Waals surface area contributed by atoms with Crippen molar-refractivity contribution < 1.29 is 18.9 Å². The van der Waals surface area contributed by atoms with E-state index >= 15 is 0 Å². The lowest BCUT2D eigenvalue weighted by atomic mass is 9.95. The number of hydrogen-bond donors (Lipinski definition) is 3. The van der Waals surface area contributed by atoms with Crippen molar-refractivity contribution in [1.82, 2.24) is 50.6 Å². The molecule has 1 atom stereocenters. The average molecular weight is 852 g/mol. The zero-order valence-corrected chi connectivity index (χ0v) is 36.4. The SMILES string of the molecule is Cc1cc(-c2ncnc3[nH]c(-c4cnc(N5CCN(CC6CCN(c7ccc(N8CCC(=O)NC8=O)cc7)CC6)CC5)nc4)cc23)ccc1C(C)NC(=O)c1nc(C(C)(C)C)no1. The molecule has 0 radical (unpaired) electrons. The third kappa shape index (κ3) is 8.96. The van der Waals surface area contributed by atoms with E-state index in [1.807, 2.05) is 77.3 Å². The number of benzene rings is 2. The fraction of sp³-hybridized carbons (Fsp3) is 0.413. The summed E-state index contributed by atoms with van der Waals surface area (Å²) in [7, 11) is 0. The lowest BCUT2D eigenvalue weighted by Gasteiger charge is -2.39. The summed E-state index contributed by atoms with van der Waals surface area (Å²) in [4.78, 5) is 72.1. The van der Waals surface area contributed by atoms with Crippen LogP contribution in [0, 0.1) is 12.8 Å². The van der Waals surface area contributed by atoms with Crippen molar-refractivity contribution in [3.63, 3.8) is 0 Å². The third-order valence-electron chi connectivity index (χ3n) is 12.4. The molecular formula is C46H53N13O4. The van der Waals surface area contributed by atoms with Gasteiger partial charge < -0.3 is 24.6 Å². The number of piperidine rings is 1. The average Bonchev–Trinajstić information content (AvgIpc) is 3.97. The van der Waals surface area contributed by atoms with Crippen LogP contribution in [0.4, 0.5) is 22.1 Å². The van der Waals surface area contributed by atoms with Gasteiger partial charge in [-0.15, -0.1) is 0 Å². The Labute approximate surface area is 365 Å². The Morgan fingerprint density at radius 3 is 2.29 bits per heavy atom. The number of nitrogens with one attached hydrogen (secondary N) is 3. The minimum Gasteiger partial charge on any atom is -0.372 e. The molecule has 0 bridgehead atoms. The number of aromatic amines is 1. The molecule has 2 aromatic carbocycles. The number of aromatic nitrogens is 7. The highest BCUT2D eigenvalue weighted by Gasteiger charge is 2.28. The van der Waals surface area contributed by atoms with Crippen LogP contribution in [0.1, 0.15) is 80.6 Å². The first-order valence-electron chi connectivity index (χ1n) is 21.7. The van der Waals surface area contributed by atoms with Crippen LogP contribution in [-0.4, -0.2) is 110 Å². The third-order valence-corrected chi connectivity index (χ3v) is 12.4. The van der Waals surface area contributed by atoms with Gasteiger partial charge in [-0.05, 0) is 80.1 Å². The predicted molar refractivity (Wildman–Crippen MR) is 240 cm³/mol. The molecule has 0 aliphatic carbocycles. The van der Waals surface area contributed by atoms with Crippen molar-refractivity contribution >= 4 is 46.2 Å². The van der Waals surface area contributed by atoms with E-state index in [0.717, 1.165) is 115 Å². The number of rotatable bonds is 10. The molecule has 7 heterocycles. The van der Waals surface area contributed by atoms with Gasteiger partial charge in [0.1, 0.15) is 12.0 Å². The zero-order valence-electron chi connectivity index (χ0n) is 36.4. The quantitative estimate of drug-likeness (QED) is 0.144. The minimum atomic E-state index is -0.416. The number of H-pyrrole nitrogens is 1. The van der Waals surface area contributed by atoms with E-state index < -0.39 is 5.91 Å². The number of carbonyl (C=O) groups is 3. The van der Waals surface area contributed by atoms with Crippen LogP contribution in [0.15, 0.2) is 71.8 Å². The highest BCUT2D eigenvalue weighted by atomic mass is 16.5. The molecule has 3 saturated heterocycles. The molecule has 9 rings (SSSR count). The number of amides is 4. The summed E-state index contributed by atoms with van der Waals surface area (Å²) in [6.45, 7) is 17.0. The molecule has 3 N–H and O–H groups in total. The van der Waals surface area contributed by atoms with Gasteiger partial charge in [0.05, 0.1) is 17.4 Å². The highest BCUT2D eigenvalue weighted by molar-refractivity contribution is 6.05. The van der Waals surface area contributed by atoms with Gasteiger partial charge in [0, 0.05) is 104 Å². The summed E-state index contributed by atoms with van der Waals surface area (Å²) in [5, 5.41) is 10.2. The Kier molecular flexibility index (Phi) is 11.4. The molecule has 1 unspecified atom stereocenters. The molecule has 17 heteroatoms. The first-order valence-corrected chi connectivity index (χ1v) is 21.7. The summed E-state index contributed by atoms with van der Waals surface area (Å²) >= 11 is 0. The monoisotopic (exact) mass is 851 g/mol. The first kappa shape index (κ1) is 41.6. The maximum Gasteiger partial charge on any atom is 0.328 e. The van der Waals surface area contributed by atoms with Crippen LogP contribution < -0.4 is 25.3 Å². The van der Waals surface area contributed by atoms with Gasteiger partial charge in [0.25, 0.3) is 0 Å². The first-order chi connectivity index (χ1) is 30.4. The number of hydrogen-bond acceptors (Lipinski definition) is 13. The molecule has 0 saturated carbocycles. The second-order valence-corrected chi connectivity index (χ2v) is 17.9. The molecule has 0 spiro atoms. The Morgan fingerprint density at radius 2 is 1.60 bits per heavy atom. The van der Waals surface area contributed by atoms with Gasteiger partial charge in [-0.25, -0.2) is 24.7 Å². The number of anilines is 3. The van der Waals surface area contributed by atoms with Gasteiger partial charge in [-0.3, -0.25) is 24.7 Å². The lowest BCUT2D eigenvalue weighted by molar-refractivity contribution is -0.120. The van der Waals surface area contributed by atoms with Crippen LogP contribution in [-0.2, 0) is 10.2 Å². The number of piperazine rings is 1. The van der Waals surface area contributed by atoms with Gasteiger partial charge in [-0.2, -0.15) is 4.98 Å². The Bertz CT molecular complexity index is 2620. The summed E-state index contributed by atoms with van der Waals surface area (Å²) in [6.07, 6.45) is 7.89. The second kappa shape index (κ2) is 17.2. The van der Waals surface area contributed by atoms with E-state index in [0.29, 0.717) is 24.7 Å². The largest absolute Gasteiger partial charge is 0.372 e. The lowest BCUT2D eigenvalue weighted by Crippen LogP contribution is -2.49. The summed E-state index contributed by atoms with van der Waals surface area (Å²) < 4.78 is 5.24. The van der Waals surface area contributed by atoms with Crippen molar-refractivity contribution in [2.24, 2.45) is 5.92 Å². The molecule has 63 heavy (non-hydrogen) atoms. The second-order valence-electron chi connectivity index (χ2n) is 17.9. The van der Waals surface area contributed by atoms with Crippen LogP contribution in [0.3, 0.4) is 0 Å². The summed E-state index contributed by atoms with van der Waals surface area (Å²) in [5.74, 6) is 1.17. The fourth-order valence-electron chi connectivity index (χ4n) is 8.74. The number of nitrogens with zero attached hydrogens (tertiary/aromatic N) is 10. The summed E-state index contributed by atoms with van der Waals surface area (Å²) in [6, 6.07) is 15.6. The fourth-order valence-corrected chi connectivity index (χ4v) is 8.74. The molecule has 17 nitrogen and oxygen atoms in total. The summed E-state index contributed by atoms with van der Waals surface area (Å²) in [5.41, 5.74) is 7.79. The van der Waals surface area contributed by atoms with Gasteiger partial charge in [0.2, 0.25) is 11.9 Å². The van der Waals surface area contributed by atoms with E-state index in [-0.39, 0.29) is 29.3 Å². The normalized spacial score (nSPS) is 17.3. The molecule has 4 amide bonds. The molecule has 3 fully saturated rings. The van der Waals surface area contributed by atoms with Crippen LogP contribution in [0.5, 0.6) is 0 Å². The molecule has 3 aliphatic rings. The molecular weight excluding hydrogens is 799 g/mol. The zero-order chi connectivity index (χ0) is 43.8. The molecule has 4 aromatic heterocycles. The molecule has 3 aliphatic heterocycles. The Morgan fingerprint density at radius 1 is 0.873 bits per heavy atom. The highest BCUT2D eigenvalue weighted by Crippen LogP contribution is 2.33. The van der Waals surface area contributed by atoms with Crippen molar-refractivity contribution in [3.05, 3.63) is 90.1 Å². The van der Waals surface area contributed by atoms with E-state index in [9.17, 15) is 14.4 Å².